The van der Waals surface area contributed by atoms with Gasteiger partial charge >= 0.3 is 5.97 Å². The van der Waals surface area contributed by atoms with E-state index in [1.165, 1.54) is 12.1 Å². The van der Waals surface area contributed by atoms with Gasteiger partial charge in [-0.05, 0) is 49.6 Å². The van der Waals surface area contributed by atoms with Gasteiger partial charge in [-0.25, -0.2) is 4.39 Å². The number of halogens is 1. The molecular formula is C18H19FO3. The first-order valence-electron chi connectivity index (χ1n) is 7.04. The zero-order chi connectivity index (χ0) is 16.3. The van der Waals surface area contributed by atoms with Crippen LogP contribution in [0.4, 0.5) is 4.39 Å². The highest BCUT2D eigenvalue weighted by atomic mass is 19.1. The third-order valence-corrected chi connectivity index (χ3v) is 3.00. The zero-order valence-electron chi connectivity index (χ0n) is 12.9. The summed E-state index contributed by atoms with van der Waals surface area (Å²) in [6, 6.07) is 11.5. The van der Waals surface area contributed by atoms with Crippen LogP contribution in [0.25, 0.3) is 11.1 Å². The van der Waals surface area contributed by atoms with Crippen LogP contribution in [0, 0.1) is 5.82 Å². The lowest BCUT2D eigenvalue weighted by Gasteiger charge is -2.19. The fourth-order valence-corrected chi connectivity index (χ4v) is 2.05. The third kappa shape index (κ3) is 4.32. The Bertz CT molecular complexity index is 670. The Morgan fingerprint density at radius 2 is 1.68 bits per heavy atom. The lowest BCUT2D eigenvalue weighted by atomic mass is 10.0. The summed E-state index contributed by atoms with van der Waals surface area (Å²) in [7, 11) is 0. The van der Waals surface area contributed by atoms with Crippen molar-refractivity contribution in [3.63, 3.8) is 0 Å². The number of carbonyl (C=O) groups excluding carboxylic acids is 1. The minimum atomic E-state index is -0.657. The topological polar surface area (TPSA) is 46.5 Å². The predicted octanol–water partition coefficient (Wildman–Crippen LogP) is 4.08. The van der Waals surface area contributed by atoms with E-state index in [1.807, 2.05) is 45.0 Å². The van der Waals surface area contributed by atoms with Crippen molar-refractivity contribution in [1.82, 2.24) is 0 Å². The van der Waals surface area contributed by atoms with E-state index in [0.717, 1.165) is 11.1 Å². The van der Waals surface area contributed by atoms with Crippen LogP contribution >= 0.6 is 0 Å². The molecule has 0 aromatic heterocycles. The standard InChI is InChI=1S/C18H19FO3/c1-18(2,3)22-17(21)10-12-4-6-13(7-5-12)14-8-9-16(20)15(19)11-14/h4-9,11,20H,10H2,1-3H3. The largest absolute Gasteiger partial charge is 0.505 e. The summed E-state index contributed by atoms with van der Waals surface area (Å²) < 4.78 is 18.6. The first-order valence-corrected chi connectivity index (χ1v) is 7.04. The van der Waals surface area contributed by atoms with Gasteiger partial charge in [0.25, 0.3) is 0 Å². The van der Waals surface area contributed by atoms with Gasteiger partial charge < -0.3 is 9.84 Å². The van der Waals surface area contributed by atoms with Crippen molar-refractivity contribution in [2.45, 2.75) is 32.8 Å². The molecule has 0 saturated carbocycles. The van der Waals surface area contributed by atoms with Crippen LogP contribution in [-0.2, 0) is 16.0 Å². The maximum atomic E-state index is 13.4. The summed E-state index contributed by atoms with van der Waals surface area (Å²) in [5.41, 5.74) is 1.81. The molecule has 2 rings (SSSR count). The molecule has 1 N–H and O–H groups in total. The molecule has 0 amide bonds. The molecule has 0 aliphatic carbocycles. The molecule has 0 bridgehead atoms. The molecule has 0 aliphatic heterocycles. The summed E-state index contributed by atoms with van der Waals surface area (Å²) >= 11 is 0. The van der Waals surface area contributed by atoms with Crippen LogP contribution in [0.3, 0.4) is 0 Å². The van der Waals surface area contributed by atoms with Crippen LogP contribution in [0.1, 0.15) is 26.3 Å². The molecule has 0 aliphatic rings. The Morgan fingerprint density at radius 3 is 2.23 bits per heavy atom. The van der Waals surface area contributed by atoms with Gasteiger partial charge in [0.2, 0.25) is 0 Å². The van der Waals surface area contributed by atoms with Crippen molar-refractivity contribution < 1.29 is 19.0 Å². The molecule has 0 fully saturated rings. The first-order chi connectivity index (χ1) is 10.2. The lowest BCUT2D eigenvalue weighted by molar-refractivity contribution is -0.153. The Kier molecular flexibility index (Phi) is 4.50. The maximum absolute atomic E-state index is 13.4. The Hall–Kier alpha value is -2.36. The average Bonchev–Trinajstić information content (AvgIpc) is 2.40. The second kappa shape index (κ2) is 6.18. The minimum absolute atomic E-state index is 0.196. The Balaban J connectivity index is 2.10. The van der Waals surface area contributed by atoms with E-state index >= 15 is 0 Å². The number of benzene rings is 2. The smallest absolute Gasteiger partial charge is 0.310 e. The minimum Gasteiger partial charge on any atom is -0.505 e. The Labute approximate surface area is 129 Å². The molecule has 0 unspecified atom stereocenters. The second-order valence-electron chi connectivity index (χ2n) is 6.13. The molecule has 4 heteroatoms. The van der Waals surface area contributed by atoms with Crippen molar-refractivity contribution in [3.05, 3.63) is 53.8 Å². The van der Waals surface area contributed by atoms with Crippen LogP contribution < -0.4 is 0 Å². The van der Waals surface area contributed by atoms with Gasteiger partial charge in [0.1, 0.15) is 5.60 Å². The highest BCUT2D eigenvalue weighted by molar-refractivity contribution is 5.73. The fraction of sp³-hybridized carbons (Fsp3) is 0.278. The summed E-state index contributed by atoms with van der Waals surface area (Å²) in [5, 5.41) is 9.20. The van der Waals surface area contributed by atoms with Crippen molar-refractivity contribution in [3.8, 4) is 16.9 Å². The highest BCUT2D eigenvalue weighted by Gasteiger charge is 2.16. The SMILES string of the molecule is CC(C)(C)OC(=O)Cc1ccc(-c2ccc(O)c(F)c2)cc1. The molecular weight excluding hydrogens is 283 g/mol. The average molecular weight is 302 g/mol. The maximum Gasteiger partial charge on any atom is 0.310 e. The van der Waals surface area contributed by atoms with E-state index in [1.54, 1.807) is 6.07 Å². The molecule has 2 aromatic rings. The molecule has 0 saturated heterocycles. The van der Waals surface area contributed by atoms with Crippen LogP contribution in [0.2, 0.25) is 0 Å². The third-order valence-electron chi connectivity index (χ3n) is 3.00. The quantitative estimate of drug-likeness (QED) is 0.869. The van der Waals surface area contributed by atoms with Gasteiger partial charge in [-0.2, -0.15) is 0 Å². The normalized spacial score (nSPS) is 11.3. The second-order valence-corrected chi connectivity index (χ2v) is 6.13. The van der Waals surface area contributed by atoms with Gasteiger partial charge in [-0.15, -0.1) is 0 Å². The van der Waals surface area contributed by atoms with E-state index in [-0.39, 0.29) is 18.1 Å². The molecule has 0 radical (unpaired) electrons. The van der Waals surface area contributed by atoms with Crippen molar-refractivity contribution in [1.29, 1.82) is 0 Å². The van der Waals surface area contributed by atoms with Gasteiger partial charge in [-0.1, -0.05) is 30.3 Å². The van der Waals surface area contributed by atoms with Gasteiger partial charge in [0.15, 0.2) is 11.6 Å². The van der Waals surface area contributed by atoms with E-state index in [0.29, 0.717) is 5.56 Å². The van der Waals surface area contributed by atoms with Crippen LogP contribution in [0.5, 0.6) is 5.75 Å². The van der Waals surface area contributed by atoms with E-state index in [2.05, 4.69) is 0 Å². The molecule has 116 valence electrons. The van der Waals surface area contributed by atoms with E-state index in [4.69, 9.17) is 4.74 Å². The lowest BCUT2D eigenvalue weighted by Crippen LogP contribution is -2.24. The predicted molar refractivity (Wildman–Crippen MR) is 83.0 cm³/mol. The van der Waals surface area contributed by atoms with Crippen LogP contribution in [-0.4, -0.2) is 16.7 Å². The number of ether oxygens (including phenoxy) is 1. The summed E-state index contributed by atoms with van der Waals surface area (Å²) in [6.07, 6.45) is 0.196. The number of carbonyl (C=O) groups is 1. The van der Waals surface area contributed by atoms with Gasteiger partial charge in [0, 0.05) is 0 Å². The molecule has 22 heavy (non-hydrogen) atoms. The number of aromatic hydroxyl groups is 1. The number of hydrogen-bond donors (Lipinski definition) is 1. The van der Waals surface area contributed by atoms with Crippen LogP contribution in [0.15, 0.2) is 42.5 Å². The highest BCUT2D eigenvalue weighted by Crippen LogP contribution is 2.25. The molecule has 0 heterocycles. The monoisotopic (exact) mass is 302 g/mol. The summed E-state index contributed by atoms with van der Waals surface area (Å²) in [5.74, 6) is -1.31. The zero-order valence-corrected chi connectivity index (χ0v) is 12.9. The number of rotatable bonds is 3. The number of phenols is 1. The molecule has 2 aromatic carbocycles. The van der Waals surface area contributed by atoms with Gasteiger partial charge in [0.05, 0.1) is 6.42 Å². The number of phenolic OH excluding ortho intramolecular Hbond substituents is 1. The molecule has 0 atom stereocenters. The first kappa shape index (κ1) is 16.0. The van der Waals surface area contributed by atoms with Crippen molar-refractivity contribution in [2.24, 2.45) is 0 Å². The summed E-state index contributed by atoms with van der Waals surface area (Å²) in [6.45, 7) is 5.48. The van der Waals surface area contributed by atoms with Crippen molar-refractivity contribution in [2.75, 3.05) is 0 Å². The number of hydrogen-bond acceptors (Lipinski definition) is 3. The van der Waals surface area contributed by atoms with E-state index in [9.17, 15) is 14.3 Å². The van der Waals surface area contributed by atoms with Gasteiger partial charge in [-0.3, -0.25) is 4.79 Å². The fourth-order valence-electron chi connectivity index (χ4n) is 2.05. The molecule has 0 spiro atoms. The van der Waals surface area contributed by atoms with E-state index < -0.39 is 11.4 Å². The molecule has 3 nitrogen and oxygen atoms in total. The van der Waals surface area contributed by atoms with Crippen molar-refractivity contribution >= 4 is 5.97 Å². The Morgan fingerprint density at radius 1 is 1.09 bits per heavy atom. The number of esters is 1. The summed E-state index contributed by atoms with van der Waals surface area (Å²) in [4.78, 5) is 11.8.